The second-order valence-electron chi connectivity index (χ2n) is 8.25. The summed E-state index contributed by atoms with van der Waals surface area (Å²) in [5.41, 5.74) is 1.28. The maximum absolute atomic E-state index is 13.7. The Morgan fingerprint density at radius 2 is 1.81 bits per heavy atom. The largest absolute Gasteiger partial charge is 0.503 e. The van der Waals surface area contributed by atoms with E-state index < -0.39 is 28.4 Å². The first-order chi connectivity index (χ1) is 17.4. The predicted octanol–water partition coefficient (Wildman–Crippen LogP) is 5.13. The molecule has 2 heterocycles. The lowest BCUT2D eigenvalue weighted by Crippen LogP contribution is -2.30. The number of furan rings is 1. The Morgan fingerprint density at radius 3 is 2.47 bits per heavy atom. The monoisotopic (exact) mass is 484 g/mol. The number of fused-ring (bicyclic) bond motifs is 1. The number of benzene rings is 3. The maximum atomic E-state index is 13.7. The highest BCUT2D eigenvalue weighted by atomic mass is 16.6. The third-order valence-electron chi connectivity index (χ3n) is 6.12. The van der Waals surface area contributed by atoms with Gasteiger partial charge in [-0.15, -0.1) is 0 Å². The molecule has 1 N–H and O–H groups in total. The predicted molar refractivity (Wildman–Crippen MR) is 130 cm³/mol. The fourth-order valence-corrected chi connectivity index (χ4v) is 4.40. The van der Waals surface area contributed by atoms with Crippen LogP contribution in [0.25, 0.3) is 11.0 Å². The number of methoxy groups -OCH3 is 1. The van der Waals surface area contributed by atoms with Gasteiger partial charge in [-0.3, -0.25) is 19.7 Å². The molecule has 0 saturated carbocycles. The quantitative estimate of drug-likeness (QED) is 0.219. The molecule has 0 spiro atoms. The highest BCUT2D eigenvalue weighted by Crippen LogP contribution is 2.41. The fraction of sp³-hybridized carbons (Fsp3) is 0.111. The van der Waals surface area contributed by atoms with Crippen molar-refractivity contribution in [3.63, 3.8) is 0 Å². The van der Waals surface area contributed by atoms with Crippen molar-refractivity contribution < 1.29 is 28.8 Å². The molecule has 1 unspecified atom stereocenters. The van der Waals surface area contributed by atoms with E-state index in [-0.39, 0.29) is 23.6 Å². The minimum Gasteiger partial charge on any atom is -0.503 e. The number of carbonyl (C=O) groups excluding carboxylic acids is 2. The molecule has 1 atom stereocenters. The molecule has 0 bridgehead atoms. The van der Waals surface area contributed by atoms with Crippen LogP contribution in [0.15, 0.2) is 94.6 Å². The number of ether oxygens (including phenoxy) is 1. The van der Waals surface area contributed by atoms with Crippen LogP contribution in [-0.2, 0) is 11.3 Å². The SMILES string of the molecule is COc1cccc2cc(C(=O)C3=C(O)C(=O)N(Cc4ccccc4)C3c3ccc([N+](=O)[O-])cc3)oc12. The number of para-hydroxylation sites is 1. The minimum absolute atomic E-state index is 0.0719. The van der Waals surface area contributed by atoms with E-state index >= 15 is 0 Å². The van der Waals surface area contributed by atoms with E-state index in [1.807, 2.05) is 30.3 Å². The van der Waals surface area contributed by atoms with Gasteiger partial charge in [-0.05, 0) is 35.4 Å². The van der Waals surface area contributed by atoms with Gasteiger partial charge in [-0.2, -0.15) is 0 Å². The van der Waals surface area contributed by atoms with Crippen molar-refractivity contribution in [3.05, 3.63) is 117 Å². The Bertz CT molecular complexity index is 1520. The first-order valence-corrected chi connectivity index (χ1v) is 11.0. The Hall–Kier alpha value is -4.92. The topological polar surface area (TPSA) is 123 Å². The number of hydrogen-bond acceptors (Lipinski definition) is 7. The summed E-state index contributed by atoms with van der Waals surface area (Å²) >= 11 is 0. The zero-order valence-corrected chi connectivity index (χ0v) is 19.1. The number of non-ortho nitro benzene ring substituents is 1. The number of aliphatic hydroxyl groups excluding tert-OH is 1. The van der Waals surface area contributed by atoms with Crippen LogP contribution in [0, 0.1) is 10.1 Å². The number of amides is 1. The summed E-state index contributed by atoms with van der Waals surface area (Å²) in [6.07, 6.45) is 0. The summed E-state index contributed by atoms with van der Waals surface area (Å²) in [6, 6.07) is 20.4. The molecular formula is C27H20N2O7. The molecule has 9 heteroatoms. The Kier molecular flexibility index (Phi) is 5.73. The van der Waals surface area contributed by atoms with E-state index in [4.69, 9.17) is 9.15 Å². The number of aliphatic hydroxyl groups is 1. The van der Waals surface area contributed by atoms with E-state index in [0.29, 0.717) is 22.3 Å². The van der Waals surface area contributed by atoms with Gasteiger partial charge in [0.15, 0.2) is 22.9 Å². The molecule has 36 heavy (non-hydrogen) atoms. The number of nitro benzene ring substituents is 1. The summed E-state index contributed by atoms with van der Waals surface area (Å²) in [4.78, 5) is 38.9. The number of Topliss-reactive ketones (excluding diaryl/α,β-unsaturated/α-hetero) is 1. The van der Waals surface area contributed by atoms with Crippen LogP contribution >= 0.6 is 0 Å². The van der Waals surface area contributed by atoms with Crippen molar-refractivity contribution in [1.29, 1.82) is 0 Å². The number of nitro groups is 1. The molecular weight excluding hydrogens is 464 g/mol. The van der Waals surface area contributed by atoms with Crippen LogP contribution in [0.3, 0.4) is 0 Å². The molecule has 0 aliphatic carbocycles. The van der Waals surface area contributed by atoms with Crippen molar-refractivity contribution in [2.24, 2.45) is 0 Å². The van der Waals surface area contributed by atoms with Crippen LogP contribution in [0.5, 0.6) is 5.75 Å². The van der Waals surface area contributed by atoms with Gasteiger partial charge in [-0.1, -0.05) is 42.5 Å². The van der Waals surface area contributed by atoms with Gasteiger partial charge in [0.2, 0.25) is 5.78 Å². The van der Waals surface area contributed by atoms with E-state index in [1.54, 1.807) is 18.2 Å². The van der Waals surface area contributed by atoms with Gasteiger partial charge < -0.3 is 19.2 Å². The normalized spacial score (nSPS) is 15.5. The van der Waals surface area contributed by atoms with Crippen LogP contribution in [-0.4, -0.2) is 33.7 Å². The van der Waals surface area contributed by atoms with Crippen molar-refractivity contribution in [1.82, 2.24) is 4.90 Å². The van der Waals surface area contributed by atoms with Crippen LogP contribution < -0.4 is 4.74 Å². The lowest BCUT2D eigenvalue weighted by atomic mass is 9.94. The van der Waals surface area contributed by atoms with Gasteiger partial charge in [0.25, 0.3) is 11.6 Å². The summed E-state index contributed by atoms with van der Waals surface area (Å²) in [7, 11) is 1.48. The first kappa shape index (κ1) is 22.9. The van der Waals surface area contributed by atoms with Gasteiger partial charge in [-0.25, -0.2) is 0 Å². The van der Waals surface area contributed by atoms with E-state index in [1.165, 1.54) is 42.3 Å². The van der Waals surface area contributed by atoms with E-state index in [9.17, 15) is 24.8 Å². The lowest BCUT2D eigenvalue weighted by Gasteiger charge is -2.26. The molecule has 9 nitrogen and oxygen atoms in total. The zero-order chi connectivity index (χ0) is 25.4. The lowest BCUT2D eigenvalue weighted by molar-refractivity contribution is -0.384. The van der Waals surface area contributed by atoms with Gasteiger partial charge in [0.1, 0.15) is 0 Å². The second kappa shape index (κ2) is 9.03. The van der Waals surface area contributed by atoms with E-state index in [2.05, 4.69) is 0 Å². The van der Waals surface area contributed by atoms with Crippen molar-refractivity contribution >= 4 is 28.3 Å². The second-order valence-corrected chi connectivity index (χ2v) is 8.25. The molecule has 3 aromatic carbocycles. The average Bonchev–Trinajstić information content (AvgIpc) is 3.44. The third kappa shape index (κ3) is 3.86. The van der Waals surface area contributed by atoms with E-state index in [0.717, 1.165) is 5.56 Å². The maximum Gasteiger partial charge on any atom is 0.290 e. The van der Waals surface area contributed by atoms with Crippen LogP contribution in [0.2, 0.25) is 0 Å². The average molecular weight is 484 g/mol. The zero-order valence-electron chi connectivity index (χ0n) is 19.1. The molecule has 0 fully saturated rings. The van der Waals surface area contributed by atoms with Crippen molar-refractivity contribution in [2.75, 3.05) is 7.11 Å². The van der Waals surface area contributed by atoms with Gasteiger partial charge in [0, 0.05) is 24.1 Å². The number of ketones is 1. The fourth-order valence-electron chi connectivity index (χ4n) is 4.40. The van der Waals surface area contributed by atoms with Crippen LogP contribution in [0.4, 0.5) is 5.69 Å². The van der Waals surface area contributed by atoms with Gasteiger partial charge in [0.05, 0.1) is 23.6 Å². The van der Waals surface area contributed by atoms with Crippen LogP contribution in [0.1, 0.15) is 27.7 Å². The molecule has 1 aliphatic heterocycles. The Morgan fingerprint density at radius 1 is 1.08 bits per heavy atom. The minimum atomic E-state index is -0.985. The molecule has 5 rings (SSSR count). The molecule has 4 aromatic rings. The standard InChI is InChI=1S/C27H20N2O7/c1-35-20-9-5-8-18-14-21(36-26(18)20)24(30)22-23(17-10-12-19(13-11-17)29(33)34)28(27(32)25(22)31)15-16-6-3-2-4-7-16/h2-14,23,31H,15H2,1H3. The summed E-state index contributed by atoms with van der Waals surface area (Å²) in [5.74, 6) is -1.72. The molecule has 1 amide bonds. The summed E-state index contributed by atoms with van der Waals surface area (Å²) in [5, 5.41) is 22.7. The number of hydrogen-bond donors (Lipinski definition) is 1. The molecule has 0 radical (unpaired) electrons. The number of carbonyl (C=O) groups is 2. The number of rotatable bonds is 7. The smallest absolute Gasteiger partial charge is 0.290 e. The van der Waals surface area contributed by atoms with Crippen molar-refractivity contribution in [2.45, 2.75) is 12.6 Å². The van der Waals surface area contributed by atoms with Gasteiger partial charge >= 0.3 is 0 Å². The molecule has 180 valence electrons. The van der Waals surface area contributed by atoms with Crippen molar-refractivity contribution in [3.8, 4) is 5.75 Å². The summed E-state index contributed by atoms with van der Waals surface area (Å²) in [6.45, 7) is 0.107. The highest BCUT2D eigenvalue weighted by Gasteiger charge is 2.44. The molecule has 1 aliphatic rings. The molecule has 0 saturated heterocycles. The first-order valence-electron chi connectivity index (χ1n) is 11.0. The molecule has 1 aromatic heterocycles. The number of nitrogens with zero attached hydrogens (tertiary/aromatic N) is 2. The Balaban J connectivity index is 1.61. The Labute approximate surface area is 205 Å². The highest BCUT2D eigenvalue weighted by molar-refractivity contribution is 6.16. The third-order valence-corrected chi connectivity index (χ3v) is 6.12. The summed E-state index contributed by atoms with van der Waals surface area (Å²) < 4.78 is 11.1.